The van der Waals surface area contributed by atoms with Gasteiger partial charge in [-0.05, 0) is 30.0 Å². The van der Waals surface area contributed by atoms with E-state index in [2.05, 4.69) is 34.6 Å². The Balaban J connectivity index is 1.66. The Morgan fingerprint density at radius 1 is 1.00 bits per heavy atom. The van der Waals surface area contributed by atoms with Crippen molar-refractivity contribution in [3.05, 3.63) is 71.9 Å². The largest absolute Gasteiger partial charge is 0.361 e. The second-order valence-electron chi connectivity index (χ2n) is 7.55. The van der Waals surface area contributed by atoms with Crippen LogP contribution in [0.4, 0.5) is 0 Å². The van der Waals surface area contributed by atoms with Crippen molar-refractivity contribution in [3.63, 3.8) is 0 Å². The van der Waals surface area contributed by atoms with E-state index < -0.39 is 6.04 Å². The van der Waals surface area contributed by atoms with Crippen molar-refractivity contribution in [2.75, 3.05) is 0 Å². The highest BCUT2D eigenvalue weighted by Gasteiger charge is 2.31. The first-order valence-corrected chi connectivity index (χ1v) is 9.91. The lowest BCUT2D eigenvalue weighted by Gasteiger charge is -2.28. The van der Waals surface area contributed by atoms with Gasteiger partial charge in [-0.1, -0.05) is 67.8 Å². The van der Waals surface area contributed by atoms with E-state index >= 15 is 0 Å². The van der Waals surface area contributed by atoms with Gasteiger partial charge in [0.2, 0.25) is 5.91 Å². The van der Waals surface area contributed by atoms with Crippen LogP contribution < -0.4 is 11.1 Å². The van der Waals surface area contributed by atoms with E-state index in [9.17, 15) is 4.79 Å². The third-order valence-corrected chi connectivity index (χ3v) is 5.73. The molecule has 2 atom stereocenters. The molecule has 1 saturated carbocycles. The Labute approximate surface area is 160 Å². The van der Waals surface area contributed by atoms with E-state index in [0.717, 1.165) is 34.9 Å². The molecule has 1 aromatic heterocycles. The van der Waals surface area contributed by atoms with Crippen LogP contribution in [0.2, 0.25) is 0 Å². The number of rotatable bonds is 5. The van der Waals surface area contributed by atoms with Gasteiger partial charge in [-0.2, -0.15) is 0 Å². The maximum absolute atomic E-state index is 13.0. The van der Waals surface area contributed by atoms with Crippen molar-refractivity contribution >= 4 is 16.8 Å². The van der Waals surface area contributed by atoms with Crippen molar-refractivity contribution in [2.45, 2.75) is 50.1 Å². The summed E-state index contributed by atoms with van der Waals surface area (Å²) in [5, 5.41) is 4.32. The highest BCUT2D eigenvalue weighted by molar-refractivity contribution is 5.88. The van der Waals surface area contributed by atoms with Crippen LogP contribution in [0.5, 0.6) is 0 Å². The summed E-state index contributed by atoms with van der Waals surface area (Å²) in [5.41, 5.74) is 9.77. The van der Waals surface area contributed by atoms with Crippen LogP contribution in [-0.4, -0.2) is 23.0 Å². The Hall–Kier alpha value is -2.59. The molecule has 2 aromatic carbocycles. The fourth-order valence-electron chi connectivity index (χ4n) is 4.29. The molecular formula is C23H27N3O. The smallest absolute Gasteiger partial charge is 0.238 e. The zero-order chi connectivity index (χ0) is 18.6. The van der Waals surface area contributed by atoms with Gasteiger partial charge in [0.05, 0.1) is 6.04 Å². The quantitative estimate of drug-likeness (QED) is 0.641. The van der Waals surface area contributed by atoms with Crippen LogP contribution in [0.15, 0.2) is 60.8 Å². The summed E-state index contributed by atoms with van der Waals surface area (Å²) in [6.07, 6.45) is 7.75. The van der Waals surface area contributed by atoms with E-state index in [4.69, 9.17) is 5.73 Å². The SMILES string of the molecule is N[C@@H](C(=O)NC1CCCCC1)[C@@H](c1ccccc1)c1c[nH]c2ccccc12. The van der Waals surface area contributed by atoms with Gasteiger partial charge in [0.25, 0.3) is 0 Å². The molecule has 0 saturated heterocycles. The summed E-state index contributed by atoms with van der Waals surface area (Å²) in [7, 11) is 0. The minimum Gasteiger partial charge on any atom is -0.361 e. The molecule has 1 aliphatic rings. The van der Waals surface area contributed by atoms with Gasteiger partial charge in [0, 0.05) is 29.1 Å². The zero-order valence-electron chi connectivity index (χ0n) is 15.5. The van der Waals surface area contributed by atoms with Gasteiger partial charge < -0.3 is 16.0 Å². The first kappa shape index (κ1) is 17.8. The molecule has 1 fully saturated rings. The standard InChI is InChI=1S/C23H27N3O/c24-22(23(27)26-17-11-5-2-6-12-17)21(16-9-3-1-4-10-16)19-15-25-20-14-8-7-13-18(19)20/h1,3-4,7-10,13-15,17,21-22,25H,2,5-6,11-12,24H2,(H,26,27)/t21-,22+/m0/s1. The third-order valence-electron chi connectivity index (χ3n) is 5.73. The fourth-order valence-corrected chi connectivity index (χ4v) is 4.29. The molecule has 4 rings (SSSR count). The van der Waals surface area contributed by atoms with E-state index in [1.54, 1.807) is 0 Å². The molecule has 0 radical (unpaired) electrons. The molecule has 140 valence electrons. The minimum absolute atomic E-state index is 0.0546. The molecule has 4 heteroatoms. The molecule has 0 spiro atoms. The van der Waals surface area contributed by atoms with Crippen molar-refractivity contribution < 1.29 is 4.79 Å². The first-order valence-electron chi connectivity index (χ1n) is 9.91. The molecular weight excluding hydrogens is 334 g/mol. The lowest BCUT2D eigenvalue weighted by atomic mass is 9.84. The van der Waals surface area contributed by atoms with E-state index in [0.29, 0.717) is 0 Å². The van der Waals surface area contributed by atoms with Crippen molar-refractivity contribution in [2.24, 2.45) is 5.73 Å². The number of H-pyrrole nitrogens is 1. The average Bonchev–Trinajstić information content (AvgIpc) is 3.14. The minimum atomic E-state index is -0.631. The highest BCUT2D eigenvalue weighted by atomic mass is 16.2. The van der Waals surface area contributed by atoms with E-state index in [1.807, 2.05) is 36.5 Å². The van der Waals surface area contributed by atoms with Crippen LogP contribution in [0, 0.1) is 0 Å². The molecule has 1 aliphatic carbocycles. The number of nitrogens with one attached hydrogen (secondary N) is 2. The molecule has 1 amide bonds. The summed E-state index contributed by atoms with van der Waals surface area (Å²) < 4.78 is 0. The van der Waals surface area contributed by atoms with Crippen molar-refractivity contribution in [3.8, 4) is 0 Å². The highest BCUT2D eigenvalue weighted by Crippen LogP contribution is 2.33. The number of hydrogen-bond donors (Lipinski definition) is 3. The maximum Gasteiger partial charge on any atom is 0.238 e. The third kappa shape index (κ3) is 3.76. The summed E-state index contributed by atoms with van der Waals surface area (Å²) >= 11 is 0. The number of hydrogen-bond acceptors (Lipinski definition) is 2. The van der Waals surface area contributed by atoms with Gasteiger partial charge in [-0.15, -0.1) is 0 Å². The lowest BCUT2D eigenvalue weighted by Crippen LogP contribution is -2.48. The Kier molecular flexibility index (Phi) is 5.26. The van der Waals surface area contributed by atoms with Crippen LogP contribution in [0.1, 0.15) is 49.1 Å². The molecule has 3 aromatic rings. The molecule has 1 heterocycles. The summed E-state index contributed by atoms with van der Waals surface area (Å²) in [6.45, 7) is 0. The van der Waals surface area contributed by atoms with Crippen LogP contribution in [0.3, 0.4) is 0 Å². The average molecular weight is 361 g/mol. The predicted molar refractivity (Wildman–Crippen MR) is 110 cm³/mol. The molecule has 27 heavy (non-hydrogen) atoms. The molecule has 0 bridgehead atoms. The topological polar surface area (TPSA) is 70.9 Å². The van der Waals surface area contributed by atoms with Crippen molar-refractivity contribution in [1.29, 1.82) is 0 Å². The second kappa shape index (κ2) is 7.97. The number of aromatic nitrogens is 1. The summed E-state index contributed by atoms with van der Waals surface area (Å²) in [4.78, 5) is 16.3. The number of carbonyl (C=O) groups excluding carboxylic acids is 1. The van der Waals surface area contributed by atoms with E-state index in [1.165, 1.54) is 19.3 Å². The lowest BCUT2D eigenvalue weighted by molar-refractivity contribution is -0.123. The van der Waals surface area contributed by atoms with Crippen LogP contribution in [-0.2, 0) is 4.79 Å². The maximum atomic E-state index is 13.0. The van der Waals surface area contributed by atoms with Crippen LogP contribution in [0.25, 0.3) is 10.9 Å². The number of amides is 1. The number of para-hydroxylation sites is 1. The van der Waals surface area contributed by atoms with Gasteiger partial charge >= 0.3 is 0 Å². The number of fused-ring (bicyclic) bond motifs is 1. The summed E-state index contributed by atoms with van der Waals surface area (Å²) in [5.74, 6) is -0.244. The predicted octanol–water partition coefficient (Wildman–Crippen LogP) is 4.08. The fraction of sp³-hybridized carbons (Fsp3) is 0.348. The van der Waals surface area contributed by atoms with Gasteiger partial charge in [0.1, 0.15) is 0 Å². The van der Waals surface area contributed by atoms with Gasteiger partial charge in [-0.25, -0.2) is 0 Å². The molecule has 0 aliphatic heterocycles. The Morgan fingerprint density at radius 2 is 1.70 bits per heavy atom. The number of nitrogens with two attached hydrogens (primary N) is 1. The second-order valence-corrected chi connectivity index (χ2v) is 7.55. The Bertz CT molecular complexity index is 896. The van der Waals surface area contributed by atoms with Crippen LogP contribution >= 0.6 is 0 Å². The number of carbonyl (C=O) groups is 1. The zero-order valence-corrected chi connectivity index (χ0v) is 15.5. The number of aromatic amines is 1. The monoisotopic (exact) mass is 361 g/mol. The van der Waals surface area contributed by atoms with Gasteiger partial charge in [0.15, 0.2) is 0 Å². The first-order chi connectivity index (χ1) is 13.2. The van der Waals surface area contributed by atoms with Crippen molar-refractivity contribution in [1.82, 2.24) is 10.3 Å². The number of benzene rings is 2. The Morgan fingerprint density at radius 3 is 2.48 bits per heavy atom. The molecule has 4 N–H and O–H groups in total. The normalized spacial score (nSPS) is 17.5. The van der Waals surface area contributed by atoms with Gasteiger partial charge in [-0.3, -0.25) is 4.79 Å². The molecule has 4 nitrogen and oxygen atoms in total. The van der Waals surface area contributed by atoms with E-state index in [-0.39, 0.29) is 17.9 Å². The summed E-state index contributed by atoms with van der Waals surface area (Å²) in [6, 6.07) is 17.9. The molecule has 0 unspecified atom stereocenters.